The number of rotatable bonds is 7. The van der Waals surface area contributed by atoms with E-state index >= 15 is 0 Å². The Morgan fingerprint density at radius 3 is 1.85 bits per heavy atom. The largest absolute Gasteiger partial charge is 0.504 e. The number of carbonyl (C=O) groups is 1. The molecule has 0 heterocycles. The molecule has 0 saturated heterocycles. The number of hydrogen-bond acceptors (Lipinski definition) is 7. The van der Waals surface area contributed by atoms with Gasteiger partial charge in [0.25, 0.3) is 0 Å². The maximum absolute atomic E-state index is 11.8. The first-order valence-electron chi connectivity index (χ1n) is 7.72. The van der Waals surface area contributed by atoms with Crippen LogP contribution in [0.1, 0.15) is 11.1 Å². The van der Waals surface area contributed by atoms with Gasteiger partial charge in [0.1, 0.15) is 0 Å². The van der Waals surface area contributed by atoms with E-state index in [4.69, 9.17) is 18.9 Å². The SMILES string of the molecule is COc1ccc(/C=C(/C(=O)O)c2cc(OC)c(OC)c(OC)c2)c(O)c1O. The molecule has 2 aromatic carbocycles. The summed E-state index contributed by atoms with van der Waals surface area (Å²) in [5.74, 6) is -1.30. The summed E-state index contributed by atoms with van der Waals surface area (Å²) in [4.78, 5) is 11.8. The monoisotopic (exact) mass is 376 g/mol. The predicted molar refractivity (Wildman–Crippen MR) is 97.9 cm³/mol. The molecule has 0 unspecified atom stereocenters. The summed E-state index contributed by atoms with van der Waals surface area (Å²) >= 11 is 0. The molecule has 8 nitrogen and oxygen atoms in total. The molecule has 2 aromatic rings. The molecule has 27 heavy (non-hydrogen) atoms. The summed E-state index contributed by atoms with van der Waals surface area (Å²) in [5, 5.41) is 29.7. The van der Waals surface area contributed by atoms with Crippen molar-refractivity contribution in [2.75, 3.05) is 28.4 Å². The third kappa shape index (κ3) is 3.84. The van der Waals surface area contributed by atoms with Gasteiger partial charge < -0.3 is 34.3 Å². The minimum absolute atomic E-state index is 0.0642. The molecule has 0 aliphatic carbocycles. The second kappa shape index (κ2) is 8.22. The Hall–Kier alpha value is -3.55. The number of methoxy groups -OCH3 is 4. The van der Waals surface area contributed by atoms with E-state index in [-0.39, 0.29) is 33.9 Å². The molecule has 0 aromatic heterocycles. The number of aliphatic carboxylic acids is 1. The summed E-state index contributed by atoms with van der Waals surface area (Å²) in [6.45, 7) is 0. The lowest BCUT2D eigenvalue weighted by Gasteiger charge is -2.15. The number of benzene rings is 2. The topological polar surface area (TPSA) is 115 Å². The molecule has 0 aliphatic heterocycles. The first-order chi connectivity index (χ1) is 12.9. The summed E-state index contributed by atoms with van der Waals surface area (Å²) < 4.78 is 20.6. The van der Waals surface area contributed by atoms with Gasteiger partial charge in [0.2, 0.25) is 11.5 Å². The van der Waals surface area contributed by atoms with Crippen LogP contribution in [-0.4, -0.2) is 49.7 Å². The predicted octanol–water partition coefficient (Wildman–Crippen LogP) is 2.76. The van der Waals surface area contributed by atoms with Gasteiger partial charge in [-0.05, 0) is 35.9 Å². The van der Waals surface area contributed by atoms with Crippen molar-refractivity contribution in [3.05, 3.63) is 35.4 Å². The van der Waals surface area contributed by atoms with E-state index in [0.717, 1.165) is 0 Å². The molecule has 0 spiro atoms. The fraction of sp³-hybridized carbons (Fsp3) is 0.211. The van der Waals surface area contributed by atoms with Gasteiger partial charge in [-0.15, -0.1) is 0 Å². The lowest BCUT2D eigenvalue weighted by Crippen LogP contribution is -2.02. The Kier molecular flexibility index (Phi) is 6.02. The Bertz CT molecular complexity index is 861. The van der Waals surface area contributed by atoms with E-state index in [0.29, 0.717) is 5.75 Å². The number of ether oxygens (including phenoxy) is 4. The van der Waals surface area contributed by atoms with Crippen molar-refractivity contribution in [2.24, 2.45) is 0 Å². The summed E-state index contributed by atoms with van der Waals surface area (Å²) in [5.41, 5.74) is 0.195. The maximum Gasteiger partial charge on any atom is 0.336 e. The molecule has 8 heteroatoms. The number of aromatic hydroxyl groups is 2. The van der Waals surface area contributed by atoms with Crippen molar-refractivity contribution in [2.45, 2.75) is 0 Å². The molecular weight excluding hydrogens is 356 g/mol. The zero-order valence-electron chi connectivity index (χ0n) is 15.3. The molecule has 0 atom stereocenters. The molecular formula is C19H20O8. The Labute approximate surface area is 155 Å². The Morgan fingerprint density at radius 2 is 1.41 bits per heavy atom. The van der Waals surface area contributed by atoms with Gasteiger partial charge in [-0.2, -0.15) is 0 Å². The van der Waals surface area contributed by atoms with E-state index in [1.807, 2.05) is 0 Å². The quantitative estimate of drug-likeness (QED) is 0.384. The third-order valence-corrected chi connectivity index (χ3v) is 3.87. The standard InChI is InChI=1S/C19H20O8/c1-24-13-6-5-10(16(20)17(13)21)7-12(19(22)23)11-8-14(25-2)18(27-4)15(9-11)26-3/h5-9,20-21H,1-4H3,(H,22,23)/b12-7+. The molecule has 144 valence electrons. The van der Waals surface area contributed by atoms with Crippen molar-refractivity contribution < 1.29 is 39.1 Å². The molecule has 0 radical (unpaired) electrons. The maximum atomic E-state index is 11.8. The van der Waals surface area contributed by atoms with Crippen LogP contribution in [0, 0.1) is 0 Å². The van der Waals surface area contributed by atoms with E-state index < -0.39 is 17.5 Å². The minimum atomic E-state index is -1.25. The van der Waals surface area contributed by atoms with Gasteiger partial charge in [0, 0.05) is 5.56 Å². The van der Waals surface area contributed by atoms with Crippen LogP contribution in [0.5, 0.6) is 34.5 Å². The van der Waals surface area contributed by atoms with Gasteiger partial charge >= 0.3 is 5.97 Å². The van der Waals surface area contributed by atoms with Crippen molar-refractivity contribution in [1.82, 2.24) is 0 Å². The fourth-order valence-electron chi connectivity index (χ4n) is 2.52. The van der Waals surface area contributed by atoms with Crippen LogP contribution < -0.4 is 18.9 Å². The highest BCUT2D eigenvalue weighted by molar-refractivity contribution is 6.21. The Balaban J connectivity index is 2.67. The fourth-order valence-corrected chi connectivity index (χ4v) is 2.52. The average Bonchev–Trinajstić information content (AvgIpc) is 2.67. The molecule has 0 aliphatic rings. The third-order valence-electron chi connectivity index (χ3n) is 3.87. The lowest BCUT2D eigenvalue weighted by molar-refractivity contribution is -0.130. The van der Waals surface area contributed by atoms with Crippen LogP contribution in [0.25, 0.3) is 11.6 Å². The van der Waals surface area contributed by atoms with Gasteiger partial charge in [-0.25, -0.2) is 4.79 Å². The van der Waals surface area contributed by atoms with Crippen LogP contribution in [0.15, 0.2) is 24.3 Å². The highest BCUT2D eigenvalue weighted by Gasteiger charge is 2.20. The van der Waals surface area contributed by atoms with Crippen LogP contribution in [0.3, 0.4) is 0 Å². The van der Waals surface area contributed by atoms with Crippen molar-refractivity contribution >= 4 is 17.6 Å². The van der Waals surface area contributed by atoms with Gasteiger partial charge in [-0.3, -0.25) is 0 Å². The summed E-state index contributed by atoms with van der Waals surface area (Å²) in [6.07, 6.45) is 1.22. The van der Waals surface area contributed by atoms with E-state index in [1.54, 1.807) is 0 Å². The summed E-state index contributed by atoms with van der Waals surface area (Å²) in [6, 6.07) is 5.79. The first-order valence-corrected chi connectivity index (χ1v) is 7.72. The number of hydrogen-bond donors (Lipinski definition) is 3. The van der Waals surface area contributed by atoms with E-state index in [9.17, 15) is 20.1 Å². The zero-order valence-corrected chi connectivity index (χ0v) is 15.3. The minimum Gasteiger partial charge on any atom is -0.504 e. The number of carboxylic acid groups (broad SMARTS) is 1. The van der Waals surface area contributed by atoms with Crippen LogP contribution in [0.2, 0.25) is 0 Å². The normalized spacial score (nSPS) is 11.0. The highest BCUT2D eigenvalue weighted by Crippen LogP contribution is 2.42. The second-order valence-electron chi connectivity index (χ2n) is 5.33. The highest BCUT2D eigenvalue weighted by atomic mass is 16.5. The molecule has 2 rings (SSSR count). The van der Waals surface area contributed by atoms with Crippen molar-refractivity contribution in [3.63, 3.8) is 0 Å². The van der Waals surface area contributed by atoms with Crippen LogP contribution >= 0.6 is 0 Å². The summed E-state index contributed by atoms with van der Waals surface area (Å²) in [7, 11) is 5.60. The Morgan fingerprint density at radius 1 is 0.852 bits per heavy atom. The van der Waals surface area contributed by atoms with E-state index in [2.05, 4.69) is 0 Å². The molecule has 0 fully saturated rings. The van der Waals surface area contributed by atoms with Crippen LogP contribution in [0.4, 0.5) is 0 Å². The number of phenolic OH excluding ortho intramolecular Hbond substituents is 2. The van der Waals surface area contributed by atoms with Crippen LogP contribution in [-0.2, 0) is 4.79 Å². The van der Waals surface area contributed by atoms with Gasteiger partial charge in [-0.1, -0.05) is 0 Å². The van der Waals surface area contributed by atoms with E-state index in [1.165, 1.54) is 58.8 Å². The lowest BCUT2D eigenvalue weighted by atomic mass is 10.0. The van der Waals surface area contributed by atoms with Gasteiger partial charge in [0.05, 0.1) is 34.0 Å². The van der Waals surface area contributed by atoms with Crippen molar-refractivity contribution in [1.29, 1.82) is 0 Å². The molecule has 0 amide bonds. The molecule has 3 N–H and O–H groups in total. The molecule has 0 saturated carbocycles. The van der Waals surface area contributed by atoms with Gasteiger partial charge in [0.15, 0.2) is 23.0 Å². The zero-order chi connectivity index (χ0) is 20.1. The second-order valence-corrected chi connectivity index (χ2v) is 5.33. The first kappa shape index (κ1) is 19.8. The average molecular weight is 376 g/mol. The van der Waals surface area contributed by atoms with Crippen molar-refractivity contribution in [3.8, 4) is 34.5 Å². The number of carboxylic acids is 1. The number of phenols is 2. The smallest absolute Gasteiger partial charge is 0.336 e. The molecule has 0 bridgehead atoms.